The summed E-state index contributed by atoms with van der Waals surface area (Å²) in [6.07, 6.45) is 1.39. The van der Waals surface area contributed by atoms with E-state index in [0.29, 0.717) is 19.6 Å². The van der Waals surface area contributed by atoms with Crippen LogP contribution in [0.15, 0.2) is 54.6 Å². The number of hydrogen-bond acceptors (Lipinski definition) is 3. The van der Waals surface area contributed by atoms with E-state index in [1.54, 1.807) is 19.2 Å². The number of carbonyl (C=O) groups excluding carboxylic acids is 1. The third-order valence-electron chi connectivity index (χ3n) is 3.72. The molecule has 122 valence electrons. The minimum atomic E-state index is -0.247. The van der Waals surface area contributed by atoms with Gasteiger partial charge < -0.3 is 15.2 Å². The van der Waals surface area contributed by atoms with Crippen LogP contribution in [0, 0.1) is 0 Å². The molecule has 23 heavy (non-hydrogen) atoms. The molecular formula is C19H23NO3. The molecule has 0 saturated carbocycles. The van der Waals surface area contributed by atoms with E-state index in [2.05, 4.69) is 5.32 Å². The van der Waals surface area contributed by atoms with Crippen molar-refractivity contribution in [2.24, 2.45) is 0 Å². The van der Waals surface area contributed by atoms with Gasteiger partial charge in [-0.25, -0.2) is 0 Å². The summed E-state index contributed by atoms with van der Waals surface area (Å²) >= 11 is 0. The SMILES string of the molecule is COCCCNC(=O)[C@@H](Cc1ccc(O)cc1)c1ccccc1. The molecule has 0 bridgehead atoms. The van der Waals surface area contributed by atoms with Crippen molar-refractivity contribution in [3.8, 4) is 5.75 Å². The molecule has 0 aromatic heterocycles. The minimum absolute atomic E-state index is 0.0142. The number of aromatic hydroxyl groups is 1. The van der Waals surface area contributed by atoms with Crippen molar-refractivity contribution in [3.63, 3.8) is 0 Å². The largest absolute Gasteiger partial charge is 0.508 e. The van der Waals surface area contributed by atoms with E-state index < -0.39 is 0 Å². The standard InChI is InChI=1S/C19H23NO3/c1-23-13-5-12-20-19(22)18(16-6-3-2-4-7-16)14-15-8-10-17(21)11-9-15/h2-4,6-11,18,21H,5,12-14H2,1H3,(H,20,22)/t18-/m0/s1. The van der Waals surface area contributed by atoms with Gasteiger partial charge in [0.2, 0.25) is 5.91 Å². The van der Waals surface area contributed by atoms with E-state index in [4.69, 9.17) is 4.74 Å². The van der Waals surface area contributed by atoms with E-state index in [0.717, 1.165) is 17.5 Å². The second kappa shape index (κ2) is 8.96. The molecule has 0 fully saturated rings. The average Bonchev–Trinajstić information content (AvgIpc) is 2.59. The number of amides is 1. The predicted molar refractivity (Wildman–Crippen MR) is 90.5 cm³/mol. The van der Waals surface area contributed by atoms with Crippen LogP contribution < -0.4 is 5.32 Å². The molecule has 0 unspecified atom stereocenters. The van der Waals surface area contributed by atoms with Gasteiger partial charge in [-0.2, -0.15) is 0 Å². The number of ether oxygens (including phenoxy) is 1. The van der Waals surface area contributed by atoms with Gasteiger partial charge in [0.15, 0.2) is 0 Å². The third-order valence-corrected chi connectivity index (χ3v) is 3.72. The van der Waals surface area contributed by atoms with Crippen LogP contribution in [0.2, 0.25) is 0 Å². The van der Waals surface area contributed by atoms with Crippen LogP contribution in [0.3, 0.4) is 0 Å². The summed E-state index contributed by atoms with van der Waals surface area (Å²) in [6, 6.07) is 16.8. The van der Waals surface area contributed by atoms with Gasteiger partial charge in [0, 0.05) is 20.3 Å². The molecule has 0 aliphatic rings. The van der Waals surface area contributed by atoms with Gasteiger partial charge in [0.25, 0.3) is 0 Å². The number of hydrogen-bond donors (Lipinski definition) is 2. The van der Waals surface area contributed by atoms with Crippen LogP contribution in [0.25, 0.3) is 0 Å². The lowest BCUT2D eigenvalue weighted by atomic mass is 9.91. The Morgan fingerprint density at radius 3 is 2.48 bits per heavy atom. The quantitative estimate of drug-likeness (QED) is 0.737. The molecule has 0 aliphatic heterocycles. The summed E-state index contributed by atoms with van der Waals surface area (Å²) in [5.41, 5.74) is 2.01. The van der Waals surface area contributed by atoms with Crippen LogP contribution >= 0.6 is 0 Å². The molecule has 2 rings (SSSR count). The lowest BCUT2D eigenvalue weighted by molar-refractivity contribution is -0.122. The molecule has 1 amide bonds. The zero-order valence-corrected chi connectivity index (χ0v) is 13.4. The van der Waals surface area contributed by atoms with Crippen LogP contribution in [0.5, 0.6) is 5.75 Å². The minimum Gasteiger partial charge on any atom is -0.508 e. The van der Waals surface area contributed by atoms with Crippen molar-refractivity contribution in [3.05, 3.63) is 65.7 Å². The fourth-order valence-corrected chi connectivity index (χ4v) is 2.47. The molecule has 2 aromatic rings. The molecule has 2 aromatic carbocycles. The second-order valence-electron chi connectivity index (χ2n) is 5.47. The van der Waals surface area contributed by atoms with Crippen molar-refractivity contribution in [1.29, 1.82) is 0 Å². The topological polar surface area (TPSA) is 58.6 Å². The molecule has 2 N–H and O–H groups in total. The normalized spacial score (nSPS) is 11.9. The highest BCUT2D eigenvalue weighted by atomic mass is 16.5. The first kappa shape index (κ1) is 17.0. The van der Waals surface area contributed by atoms with Crippen LogP contribution in [-0.4, -0.2) is 31.3 Å². The average molecular weight is 313 g/mol. The predicted octanol–water partition coefficient (Wildman–Crippen LogP) is 2.87. The Hall–Kier alpha value is -2.33. The van der Waals surface area contributed by atoms with E-state index in [1.807, 2.05) is 42.5 Å². The summed E-state index contributed by atoms with van der Waals surface area (Å²) in [7, 11) is 1.65. The van der Waals surface area contributed by atoms with Gasteiger partial charge in [0.1, 0.15) is 5.75 Å². The van der Waals surface area contributed by atoms with Crippen molar-refractivity contribution in [2.45, 2.75) is 18.8 Å². The van der Waals surface area contributed by atoms with Crippen molar-refractivity contribution >= 4 is 5.91 Å². The molecule has 0 heterocycles. The molecular weight excluding hydrogens is 290 g/mol. The Morgan fingerprint density at radius 2 is 1.83 bits per heavy atom. The lowest BCUT2D eigenvalue weighted by Crippen LogP contribution is -2.31. The summed E-state index contributed by atoms with van der Waals surface area (Å²) in [5.74, 6) is -0.00214. The van der Waals surface area contributed by atoms with Gasteiger partial charge >= 0.3 is 0 Å². The van der Waals surface area contributed by atoms with Crippen LogP contribution in [0.1, 0.15) is 23.5 Å². The zero-order chi connectivity index (χ0) is 16.5. The van der Waals surface area contributed by atoms with Gasteiger partial charge in [-0.05, 0) is 36.1 Å². The maximum atomic E-state index is 12.6. The smallest absolute Gasteiger partial charge is 0.227 e. The number of phenolic OH excluding ortho intramolecular Hbond substituents is 1. The lowest BCUT2D eigenvalue weighted by Gasteiger charge is -2.17. The summed E-state index contributed by atoms with van der Waals surface area (Å²) in [5, 5.41) is 12.4. The number of carbonyl (C=O) groups is 1. The van der Waals surface area contributed by atoms with Gasteiger partial charge in [-0.3, -0.25) is 4.79 Å². The van der Waals surface area contributed by atoms with E-state index >= 15 is 0 Å². The second-order valence-corrected chi connectivity index (χ2v) is 5.47. The highest BCUT2D eigenvalue weighted by Gasteiger charge is 2.20. The maximum Gasteiger partial charge on any atom is 0.227 e. The number of nitrogens with one attached hydrogen (secondary N) is 1. The van der Waals surface area contributed by atoms with Crippen LogP contribution in [0.4, 0.5) is 0 Å². The zero-order valence-electron chi connectivity index (χ0n) is 13.4. The van der Waals surface area contributed by atoms with Gasteiger partial charge in [-0.1, -0.05) is 42.5 Å². The summed E-state index contributed by atoms with van der Waals surface area (Å²) in [6.45, 7) is 1.24. The number of methoxy groups -OCH3 is 1. The van der Waals surface area contributed by atoms with Gasteiger partial charge in [-0.15, -0.1) is 0 Å². The Labute approximate surface area is 137 Å². The Bertz CT molecular complexity index is 596. The van der Waals surface area contributed by atoms with Crippen LogP contribution in [-0.2, 0) is 16.0 Å². The Balaban J connectivity index is 2.08. The molecule has 4 heteroatoms. The number of phenols is 1. The molecule has 4 nitrogen and oxygen atoms in total. The van der Waals surface area contributed by atoms with E-state index in [1.165, 1.54) is 0 Å². The fraction of sp³-hybridized carbons (Fsp3) is 0.316. The Kier molecular flexibility index (Phi) is 6.63. The first-order chi connectivity index (χ1) is 11.2. The molecule has 0 saturated heterocycles. The summed E-state index contributed by atoms with van der Waals surface area (Å²) < 4.78 is 5.00. The monoisotopic (exact) mass is 313 g/mol. The highest BCUT2D eigenvalue weighted by Crippen LogP contribution is 2.22. The van der Waals surface area contributed by atoms with Crippen molar-refractivity contribution in [2.75, 3.05) is 20.3 Å². The van der Waals surface area contributed by atoms with Gasteiger partial charge in [0.05, 0.1) is 5.92 Å². The summed E-state index contributed by atoms with van der Waals surface area (Å²) in [4.78, 5) is 12.6. The number of benzene rings is 2. The van der Waals surface area contributed by atoms with E-state index in [9.17, 15) is 9.90 Å². The molecule has 0 aliphatic carbocycles. The fourth-order valence-electron chi connectivity index (χ4n) is 2.47. The molecule has 0 radical (unpaired) electrons. The molecule has 0 spiro atoms. The highest BCUT2D eigenvalue weighted by molar-refractivity contribution is 5.84. The van der Waals surface area contributed by atoms with Crippen molar-refractivity contribution in [1.82, 2.24) is 5.32 Å². The Morgan fingerprint density at radius 1 is 1.13 bits per heavy atom. The molecule has 1 atom stereocenters. The first-order valence-corrected chi connectivity index (χ1v) is 7.80. The maximum absolute atomic E-state index is 12.6. The third kappa shape index (κ3) is 5.42. The first-order valence-electron chi connectivity index (χ1n) is 7.80. The van der Waals surface area contributed by atoms with E-state index in [-0.39, 0.29) is 17.6 Å². The number of rotatable bonds is 8. The van der Waals surface area contributed by atoms with Crippen molar-refractivity contribution < 1.29 is 14.6 Å².